The van der Waals surface area contributed by atoms with Gasteiger partial charge in [0.15, 0.2) is 0 Å². The molecule has 0 aliphatic rings. The van der Waals surface area contributed by atoms with E-state index in [9.17, 15) is 0 Å². The Labute approximate surface area is 64.7 Å². The van der Waals surface area contributed by atoms with Gasteiger partial charge in [-0.2, -0.15) is 6.42 Å². The average Bonchev–Trinajstić information content (AvgIpc) is 1.37. The van der Waals surface area contributed by atoms with Crippen molar-refractivity contribution in [3.8, 4) is 0 Å². The van der Waals surface area contributed by atoms with Gasteiger partial charge in [0.1, 0.15) is 0 Å². The number of hydrogen-bond acceptors (Lipinski definition) is 1. The summed E-state index contributed by atoms with van der Waals surface area (Å²) < 4.78 is 0. The van der Waals surface area contributed by atoms with E-state index in [2.05, 4.69) is 0 Å². The maximum Gasteiger partial charge on any atom is 0 e. The van der Waals surface area contributed by atoms with Crippen LogP contribution in [-0.2, 0) is 4.79 Å². The van der Waals surface area contributed by atoms with Crippen molar-refractivity contribution in [1.82, 2.24) is 0 Å². The SMILES string of the molecule is CC[C-]=O.[Nd]. The zero-order valence-electron chi connectivity index (χ0n) is 3.12. The predicted octanol–water partition coefficient (Wildman–Crippen LogP) is 0.506. The van der Waals surface area contributed by atoms with Crippen molar-refractivity contribution < 1.29 is 45.6 Å². The van der Waals surface area contributed by atoms with Crippen LogP contribution in [0, 0.1) is 40.8 Å². The third-order valence-corrected chi connectivity index (χ3v) is 0.144. The summed E-state index contributed by atoms with van der Waals surface area (Å²) in [5.74, 6) is 0. The summed E-state index contributed by atoms with van der Waals surface area (Å²) in [6.45, 7) is 1.76. The largest absolute Gasteiger partial charge is 0.542 e. The first-order chi connectivity index (χ1) is 1.91. The van der Waals surface area contributed by atoms with Crippen LogP contribution in [0.5, 0.6) is 0 Å². The Balaban J connectivity index is 0. The molecule has 0 aromatic heterocycles. The molecule has 2 heteroatoms. The van der Waals surface area contributed by atoms with Crippen molar-refractivity contribution in [2.75, 3.05) is 0 Å². The van der Waals surface area contributed by atoms with E-state index in [1.54, 1.807) is 13.2 Å². The second-order valence-corrected chi connectivity index (χ2v) is 0.498. The Morgan fingerprint density at radius 2 is 2.00 bits per heavy atom. The molecule has 0 aromatic rings. The van der Waals surface area contributed by atoms with E-state index in [-0.39, 0.29) is 40.8 Å². The van der Waals surface area contributed by atoms with Gasteiger partial charge in [0.2, 0.25) is 0 Å². The van der Waals surface area contributed by atoms with Crippen LogP contribution in [0.25, 0.3) is 0 Å². The topological polar surface area (TPSA) is 17.1 Å². The minimum absolute atomic E-state index is 0. The van der Waals surface area contributed by atoms with Gasteiger partial charge in [0.25, 0.3) is 0 Å². The summed E-state index contributed by atoms with van der Waals surface area (Å²) in [5, 5.41) is 0. The molecule has 28 valence electrons. The molecular formula is C3H5NdO-. The fourth-order valence-corrected chi connectivity index (χ4v) is 0. The minimum Gasteiger partial charge on any atom is -0.542 e. The van der Waals surface area contributed by atoms with E-state index in [0.717, 1.165) is 0 Å². The van der Waals surface area contributed by atoms with Gasteiger partial charge >= 0.3 is 0 Å². The Morgan fingerprint density at radius 1 is 1.80 bits per heavy atom. The quantitative estimate of drug-likeness (QED) is 0.565. The van der Waals surface area contributed by atoms with Gasteiger partial charge in [-0.15, -0.1) is 0 Å². The summed E-state index contributed by atoms with van der Waals surface area (Å²) >= 11 is 0. The van der Waals surface area contributed by atoms with E-state index >= 15 is 0 Å². The van der Waals surface area contributed by atoms with Crippen molar-refractivity contribution in [1.29, 1.82) is 0 Å². The smallest absolute Gasteiger partial charge is 0 e. The minimum atomic E-state index is 0. The summed E-state index contributed by atoms with van der Waals surface area (Å²) in [7, 11) is 0. The van der Waals surface area contributed by atoms with Crippen LogP contribution >= 0.6 is 0 Å². The number of carbonyl (C=O) groups excluding carboxylic acids is 1. The summed E-state index contributed by atoms with van der Waals surface area (Å²) in [6, 6.07) is 0. The second kappa shape index (κ2) is 8.90. The molecule has 5 heavy (non-hydrogen) atoms. The molecule has 0 bridgehead atoms. The fraction of sp³-hybridized carbons (Fsp3) is 0.667. The summed E-state index contributed by atoms with van der Waals surface area (Å²) in [6.07, 6.45) is 2.19. The van der Waals surface area contributed by atoms with Crippen molar-refractivity contribution in [3.63, 3.8) is 0 Å². The average molecular weight is 201 g/mol. The number of hydrogen-bond donors (Lipinski definition) is 0. The fourth-order valence-electron chi connectivity index (χ4n) is 0. The van der Waals surface area contributed by atoms with Gasteiger partial charge < -0.3 is 4.79 Å². The molecule has 0 amide bonds. The molecule has 0 atom stereocenters. The molecular weight excluding hydrogens is 196 g/mol. The van der Waals surface area contributed by atoms with Gasteiger partial charge in [-0.05, 0) is 0 Å². The Bertz CT molecular complexity index is 20.9. The van der Waals surface area contributed by atoms with Crippen LogP contribution in [0.2, 0.25) is 0 Å². The van der Waals surface area contributed by atoms with Crippen LogP contribution in [-0.4, -0.2) is 6.29 Å². The standard InChI is InChI=1S/C3H5O.Nd/c1-2-3-4;/h2H2,1H3;/q-1;. The molecule has 0 aliphatic carbocycles. The molecule has 0 saturated carbocycles. The van der Waals surface area contributed by atoms with Gasteiger partial charge in [-0.25, -0.2) is 0 Å². The summed E-state index contributed by atoms with van der Waals surface area (Å²) in [4.78, 5) is 9.05. The molecule has 1 nitrogen and oxygen atoms in total. The van der Waals surface area contributed by atoms with E-state index in [4.69, 9.17) is 4.79 Å². The van der Waals surface area contributed by atoms with Crippen molar-refractivity contribution in [3.05, 3.63) is 0 Å². The van der Waals surface area contributed by atoms with Crippen LogP contribution in [0.15, 0.2) is 0 Å². The van der Waals surface area contributed by atoms with Crippen LogP contribution in [0.3, 0.4) is 0 Å². The maximum absolute atomic E-state index is 9.05. The molecule has 0 aromatic carbocycles. The van der Waals surface area contributed by atoms with Gasteiger partial charge in [-0.1, -0.05) is 6.92 Å². The maximum atomic E-state index is 9.05. The Kier molecular flexibility index (Phi) is 16.7. The molecule has 0 unspecified atom stereocenters. The van der Waals surface area contributed by atoms with Crippen LogP contribution in [0.4, 0.5) is 0 Å². The monoisotopic (exact) mass is 199 g/mol. The molecule has 0 fully saturated rings. The third kappa shape index (κ3) is 11.2. The predicted molar refractivity (Wildman–Crippen MR) is 16.0 cm³/mol. The Hall–Kier alpha value is 1.02. The van der Waals surface area contributed by atoms with E-state index < -0.39 is 0 Å². The first kappa shape index (κ1) is 9.39. The van der Waals surface area contributed by atoms with E-state index in [1.165, 1.54) is 0 Å². The molecule has 0 rings (SSSR count). The Morgan fingerprint density at radius 3 is 2.00 bits per heavy atom. The molecule has 0 radical (unpaired) electrons. The van der Waals surface area contributed by atoms with Gasteiger partial charge in [-0.3, -0.25) is 6.29 Å². The second-order valence-electron chi connectivity index (χ2n) is 0.498. The van der Waals surface area contributed by atoms with Crippen molar-refractivity contribution >= 4 is 6.29 Å². The zero-order chi connectivity index (χ0) is 3.41. The molecule has 0 spiro atoms. The van der Waals surface area contributed by atoms with Gasteiger partial charge in [0, 0.05) is 40.8 Å². The van der Waals surface area contributed by atoms with Crippen LogP contribution < -0.4 is 0 Å². The zero-order valence-corrected chi connectivity index (χ0v) is 6.32. The van der Waals surface area contributed by atoms with Crippen LogP contribution in [0.1, 0.15) is 13.3 Å². The molecule has 0 saturated heterocycles. The van der Waals surface area contributed by atoms with Gasteiger partial charge in [0.05, 0.1) is 0 Å². The molecule has 0 aliphatic heterocycles. The molecule has 0 heterocycles. The third-order valence-electron chi connectivity index (χ3n) is 0.144. The normalized spacial score (nSPS) is 5.00. The first-order valence-corrected chi connectivity index (χ1v) is 1.26. The number of rotatable bonds is 1. The van der Waals surface area contributed by atoms with Crippen molar-refractivity contribution in [2.45, 2.75) is 13.3 Å². The van der Waals surface area contributed by atoms with E-state index in [0.29, 0.717) is 6.42 Å². The summed E-state index contributed by atoms with van der Waals surface area (Å²) in [5.41, 5.74) is 0. The van der Waals surface area contributed by atoms with Crippen molar-refractivity contribution in [2.24, 2.45) is 0 Å². The first-order valence-electron chi connectivity index (χ1n) is 1.26. The molecule has 0 N–H and O–H groups in total. The van der Waals surface area contributed by atoms with E-state index in [1.807, 2.05) is 0 Å².